The number of benzene rings is 2. The van der Waals surface area contributed by atoms with Gasteiger partial charge in [-0.25, -0.2) is 0 Å². The highest BCUT2D eigenvalue weighted by Crippen LogP contribution is 2.25. The van der Waals surface area contributed by atoms with Crippen LogP contribution in [0.15, 0.2) is 54.6 Å². The van der Waals surface area contributed by atoms with Crippen molar-refractivity contribution >= 4 is 0 Å². The molecule has 0 aromatic heterocycles. The molecule has 0 amide bonds. The predicted octanol–water partition coefficient (Wildman–Crippen LogP) is 4.94. The third-order valence-electron chi connectivity index (χ3n) is 3.37. The lowest BCUT2D eigenvalue weighted by molar-refractivity contribution is 0.561. The summed E-state index contributed by atoms with van der Waals surface area (Å²) in [6.45, 7) is 4.58. The van der Waals surface area contributed by atoms with Crippen LogP contribution in [0.4, 0.5) is 0 Å². The lowest BCUT2D eigenvalue weighted by atomic mass is 9.92. The summed E-state index contributed by atoms with van der Waals surface area (Å²) in [6.07, 6.45) is 2.41. The molecule has 0 spiro atoms. The Hall–Kier alpha value is -1.56. The molecule has 17 heavy (non-hydrogen) atoms. The summed E-state index contributed by atoms with van der Waals surface area (Å²) in [7, 11) is 0. The van der Waals surface area contributed by atoms with Gasteiger partial charge in [-0.1, -0.05) is 74.9 Å². The summed E-state index contributed by atoms with van der Waals surface area (Å²) in [5.74, 6) is 0.750. The Morgan fingerprint density at radius 3 is 2.24 bits per heavy atom. The molecule has 88 valence electrons. The number of hydrogen-bond donors (Lipinski definition) is 0. The molecule has 1 atom stereocenters. The lowest BCUT2D eigenvalue weighted by Crippen LogP contribution is -1.99. The van der Waals surface area contributed by atoms with Crippen molar-refractivity contribution in [2.75, 3.05) is 0 Å². The van der Waals surface area contributed by atoms with E-state index in [0.717, 1.165) is 5.92 Å². The van der Waals surface area contributed by atoms with E-state index >= 15 is 0 Å². The maximum atomic E-state index is 2.32. The van der Waals surface area contributed by atoms with Gasteiger partial charge in [0.25, 0.3) is 0 Å². The fraction of sp³-hybridized carbons (Fsp3) is 0.294. The Morgan fingerprint density at radius 2 is 1.53 bits per heavy atom. The van der Waals surface area contributed by atoms with Gasteiger partial charge in [0.15, 0.2) is 0 Å². The maximum absolute atomic E-state index is 2.32. The van der Waals surface area contributed by atoms with Crippen LogP contribution >= 0.6 is 0 Å². The van der Waals surface area contributed by atoms with Crippen molar-refractivity contribution in [3.05, 3.63) is 60.2 Å². The van der Waals surface area contributed by atoms with E-state index in [4.69, 9.17) is 0 Å². The Labute approximate surface area is 104 Å². The van der Waals surface area contributed by atoms with Gasteiger partial charge in [-0.2, -0.15) is 0 Å². The molecule has 2 aromatic carbocycles. The van der Waals surface area contributed by atoms with Crippen molar-refractivity contribution in [3.8, 4) is 11.1 Å². The van der Waals surface area contributed by atoms with Crippen LogP contribution in [0, 0.1) is 5.92 Å². The topological polar surface area (TPSA) is 0 Å². The van der Waals surface area contributed by atoms with E-state index in [-0.39, 0.29) is 0 Å². The van der Waals surface area contributed by atoms with E-state index in [0.29, 0.717) is 0 Å². The summed E-state index contributed by atoms with van der Waals surface area (Å²) >= 11 is 0. The first-order chi connectivity index (χ1) is 8.31. The first kappa shape index (κ1) is 11.9. The van der Waals surface area contributed by atoms with Crippen LogP contribution in [0.1, 0.15) is 25.8 Å². The molecule has 0 aliphatic rings. The van der Waals surface area contributed by atoms with Crippen LogP contribution in [0.5, 0.6) is 0 Å². The van der Waals surface area contributed by atoms with Gasteiger partial charge in [-0.3, -0.25) is 0 Å². The highest BCUT2D eigenvalue weighted by atomic mass is 14.1. The molecule has 2 aromatic rings. The highest BCUT2D eigenvalue weighted by Gasteiger charge is 2.07. The largest absolute Gasteiger partial charge is 0.0651 e. The Morgan fingerprint density at radius 1 is 0.882 bits per heavy atom. The molecule has 0 heterocycles. The molecule has 0 nitrogen and oxygen atoms in total. The molecule has 0 radical (unpaired) electrons. The van der Waals surface area contributed by atoms with Gasteiger partial charge in [-0.05, 0) is 29.0 Å². The molecule has 2 rings (SSSR count). The standard InChI is InChI=1S/C17H20/c1-3-14(2)13-16-11-7-8-12-17(16)15-9-5-4-6-10-15/h4-12,14H,3,13H2,1-2H3/t14-/m0/s1. The zero-order valence-electron chi connectivity index (χ0n) is 10.7. The molecule has 0 unspecified atom stereocenters. The summed E-state index contributed by atoms with van der Waals surface area (Å²) in [4.78, 5) is 0. The first-order valence-corrected chi connectivity index (χ1v) is 6.44. The van der Waals surface area contributed by atoms with E-state index in [1.54, 1.807) is 0 Å². The van der Waals surface area contributed by atoms with Gasteiger partial charge in [0.2, 0.25) is 0 Å². The molecule has 0 aliphatic heterocycles. The van der Waals surface area contributed by atoms with E-state index in [2.05, 4.69) is 68.4 Å². The summed E-state index contributed by atoms with van der Waals surface area (Å²) in [6, 6.07) is 19.4. The average molecular weight is 224 g/mol. The quantitative estimate of drug-likeness (QED) is 0.690. The number of hydrogen-bond acceptors (Lipinski definition) is 0. The van der Waals surface area contributed by atoms with Crippen molar-refractivity contribution in [2.24, 2.45) is 5.92 Å². The molecule has 0 fully saturated rings. The predicted molar refractivity (Wildman–Crippen MR) is 75.0 cm³/mol. The van der Waals surface area contributed by atoms with Crippen molar-refractivity contribution in [1.29, 1.82) is 0 Å². The highest BCUT2D eigenvalue weighted by molar-refractivity contribution is 5.67. The molecule has 0 heteroatoms. The van der Waals surface area contributed by atoms with E-state index in [1.807, 2.05) is 0 Å². The monoisotopic (exact) mass is 224 g/mol. The second-order valence-corrected chi connectivity index (χ2v) is 4.74. The second-order valence-electron chi connectivity index (χ2n) is 4.74. The van der Waals surface area contributed by atoms with Crippen molar-refractivity contribution < 1.29 is 0 Å². The third kappa shape index (κ3) is 2.97. The van der Waals surface area contributed by atoms with E-state index < -0.39 is 0 Å². The Bertz CT molecular complexity index is 456. The van der Waals surface area contributed by atoms with Crippen LogP contribution in [0.3, 0.4) is 0 Å². The van der Waals surface area contributed by atoms with E-state index in [9.17, 15) is 0 Å². The summed E-state index contributed by atoms with van der Waals surface area (Å²) in [5, 5.41) is 0. The van der Waals surface area contributed by atoms with Gasteiger partial charge in [0.05, 0.1) is 0 Å². The zero-order chi connectivity index (χ0) is 12.1. The van der Waals surface area contributed by atoms with Gasteiger partial charge < -0.3 is 0 Å². The van der Waals surface area contributed by atoms with Crippen LogP contribution in [0.2, 0.25) is 0 Å². The molecule has 0 saturated carbocycles. The summed E-state index contributed by atoms with van der Waals surface area (Å²) < 4.78 is 0. The minimum Gasteiger partial charge on any atom is -0.0651 e. The minimum atomic E-state index is 0.750. The maximum Gasteiger partial charge on any atom is -0.0152 e. The Kier molecular flexibility index (Phi) is 3.98. The fourth-order valence-corrected chi connectivity index (χ4v) is 2.12. The third-order valence-corrected chi connectivity index (χ3v) is 3.37. The average Bonchev–Trinajstić information content (AvgIpc) is 2.40. The SMILES string of the molecule is CC[C@H](C)Cc1ccccc1-c1ccccc1. The van der Waals surface area contributed by atoms with Crippen LogP contribution in [-0.2, 0) is 6.42 Å². The van der Waals surface area contributed by atoms with Crippen LogP contribution in [0.25, 0.3) is 11.1 Å². The fourth-order valence-electron chi connectivity index (χ4n) is 2.12. The smallest absolute Gasteiger partial charge is 0.0152 e. The van der Waals surface area contributed by atoms with Gasteiger partial charge in [0.1, 0.15) is 0 Å². The minimum absolute atomic E-state index is 0.750. The van der Waals surface area contributed by atoms with Crippen LogP contribution in [-0.4, -0.2) is 0 Å². The Balaban J connectivity index is 2.34. The van der Waals surface area contributed by atoms with Gasteiger partial charge in [-0.15, -0.1) is 0 Å². The zero-order valence-corrected chi connectivity index (χ0v) is 10.7. The van der Waals surface area contributed by atoms with Crippen LogP contribution < -0.4 is 0 Å². The molecular weight excluding hydrogens is 204 g/mol. The van der Waals surface area contributed by atoms with Gasteiger partial charge in [0, 0.05) is 0 Å². The number of rotatable bonds is 4. The van der Waals surface area contributed by atoms with Crippen molar-refractivity contribution in [3.63, 3.8) is 0 Å². The summed E-state index contributed by atoms with van der Waals surface area (Å²) in [5.41, 5.74) is 4.17. The van der Waals surface area contributed by atoms with E-state index in [1.165, 1.54) is 29.5 Å². The lowest BCUT2D eigenvalue weighted by Gasteiger charge is -2.13. The molecule has 0 saturated heterocycles. The van der Waals surface area contributed by atoms with Gasteiger partial charge >= 0.3 is 0 Å². The molecule has 0 aliphatic carbocycles. The molecular formula is C17H20. The second kappa shape index (κ2) is 5.67. The first-order valence-electron chi connectivity index (χ1n) is 6.44. The molecule has 0 N–H and O–H groups in total. The van der Waals surface area contributed by atoms with Crippen molar-refractivity contribution in [2.45, 2.75) is 26.7 Å². The van der Waals surface area contributed by atoms with Crippen molar-refractivity contribution in [1.82, 2.24) is 0 Å². The normalized spacial score (nSPS) is 12.4. The molecule has 0 bridgehead atoms.